The lowest BCUT2D eigenvalue weighted by molar-refractivity contribution is -0.137. The highest BCUT2D eigenvalue weighted by atomic mass is 32.2. The number of carboxylic acids is 1. The number of aliphatic carboxylic acids is 1. The van der Waals surface area contributed by atoms with Crippen LogP contribution in [0.25, 0.3) is 0 Å². The Kier molecular flexibility index (Phi) is 5.89. The average Bonchev–Trinajstić information content (AvgIpc) is 2.55. The number of carbonyl (C=O) groups is 2. The van der Waals surface area contributed by atoms with Crippen molar-refractivity contribution in [2.45, 2.75) is 24.2 Å². The standard InChI is InChI=1S/C15H19FN2O5S/c16-12-3-5-13(6-4-12)24(22,23)18-9-1-2-11(10-18)15(21)17-8-7-14(19)20/h3-6,11H,1-2,7-10H2,(H,17,21)(H,19,20)/t11-/m0/s1. The molecule has 0 aromatic heterocycles. The summed E-state index contributed by atoms with van der Waals surface area (Å²) in [6.07, 6.45) is 0.877. The Labute approximate surface area is 139 Å². The molecule has 7 nitrogen and oxygen atoms in total. The molecule has 1 aliphatic heterocycles. The van der Waals surface area contributed by atoms with Gasteiger partial charge in [-0.15, -0.1) is 0 Å². The fourth-order valence-corrected chi connectivity index (χ4v) is 4.09. The van der Waals surface area contributed by atoms with Gasteiger partial charge in [-0.05, 0) is 37.1 Å². The molecule has 1 saturated heterocycles. The Morgan fingerprint density at radius 3 is 2.58 bits per heavy atom. The predicted molar refractivity (Wildman–Crippen MR) is 83.1 cm³/mol. The molecule has 1 fully saturated rings. The van der Waals surface area contributed by atoms with Gasteiger partial charge >= 0.3 is 5.97 Å². The molecule has 0 radical (unpaired) electrons. The third kappa shape index (κ3) is 4.51. The normalized spacial score (nSPS) is 19.0. The third-order valence-electron chi connectivity index (χ3n) is 3.84. The number of hydrogen-bond acceptors (Lipinski definition) is 4. The van der Waals surface area contributed by atoms with Crippen molar-refractivity contribution in [1.29, 1.82) is 0 Å². The summed E-state index contributed by atoms with van der Waals surface area (Å²) < 4.78 is 39.3. The second-order valence-corrected chi connectivity index (χ2v) is 7.53. The highest BCUT2D eigenvalue weighted by Gasteiger charge is 2.33. The van der Waals surface area contributed by atoms with Crippen LogP contribution in [-0.2, 0) is 19.6 Å². The first-order valence-electron chi connectivity index (χ1n) is 7.56. The molecule has 1 amide bonds. The molecule has 2 rings (SSSR count). The minimum atomic E-state index is -3.79. The fourth-order valence-electron chi connectivity index (χ4n) is 2.57. The number of rotatable bonds is 6. The van der Waals surface area contributed by atoms with Crippen LogP contribution < -0.4 is 5.32 Å². The van der Waals surface area contributed by atoms with E-state index in [-0.39, 0.29) is 30.3 Å². The molecule has 1 aromatic rings. The summed E-state index contributed by atoms with van der Waals surface area (Å²) in [6.45, 7) is 0.326. The van der Waals surface area contributed by atoms with Crippen molar-refractivity contribution in [2.24, 2.45) is 5.92 Å². The number of halogens is 1. The Morgan fingerprint density at radius 2 is 1.96 bits per heavy atom. The van der Waals surface area contributed by atoms with Crippen LogP contribution in [0.1, 0.15) is 19.3 Å². The summed E-state index contributed by atoms with van der Waals surface area (Å²) in [5, 5.41) is 11.1. The zero-order valence-electron chi connectivity index (χ0n) is 12.9. The third-order valence-corrected chi connectivity index (χ3v) is 5.72. The van der Waals surface area contributed by atoms with Gasteiger partial charge in [-0.3, -0.25) is 9.59 Å². The van der Waals surface area contributed by atoms with Gasteiger partial charge in [0.15, 0.2) is 0 Å². The molecule has 1 aliphatic rings. The Bertz CT molecular complexity index is 705. The van der Waals surface area contributed by atoms with E-state index in [4.69, 9.17) is 5.11 Å². The van der Waals surface area contributed by atoms with Crippen molar-refractivity contribution >= 4 is 21.9 Å². The molecule has 24 heavy (non-hydrogen) atoms. The zero-order valence-corrected chi connectivity index (χ0v) is 13.8. The number of benzene rings is 1. The number of hydrogen-bond donors (Lipinski definition) is 2. The largest absolute Gasteiger partial charge is 0.481 e. The molecule has 0 bridgehead atoms. The zero-order chi connectivity index (χ0) is 17.7. The minimum Gasteiger partial charge on any atom is -0.481 e. The van der Waals surface area contributed by atoms with E-state index >= 15 is 0 Å². The number of nitrogens with one attached hydrogen (secondary N) is 1. The van der Waals surface area contributed by atoms with Crippen LogP contribution >= 0.6 is 0 Å². The second-order valence-electron chi connectivity index (χ2n) is 5.59. The van der Waals surface area contributed by atoms with Crippen LogP contribution in [0.5, 0.6) is 0 Å². The SMILES string of the molecule is O=C(O)CCNC(=O)[C@H]1CCCN(S(=O)(=O)c2ccc(F)cc2)C1. The molecule has 0 unspecified atom stereocenters. The summed E-state index contributed by atoms with van der Waals surface area (Å²) in [7, 11) is -3.79. The Morgan fingerprint density at radius 1 is 1.29 bits per heavy atom. The lowest BCUT2D eigenvalue weighted by Gasteiger charge is -2.31. The maximum atomic E-state index is 13.0. The van der Waals surface area contributed by atoms with Gasteiger partial charge in [0.25, 0.3) is 0 Å². The molecule has 0 spiro atoms. The van der Waals surface area contributed by atoms with E-state index in [0.29, 0.717) is 19.4 Å². The van der Waals surface area contributed by atoms with Gasteiger partial charge in [0.2, 0.25) is 15.9 Å². The number of carbonyl (C=O) groups excluding carboxylic acids is 1. The van der Waals surface area contributed by atoms with E-state index in [2.05, 4.69) is 5.32 Å². The molecular weight excluding hydrogens is 339 g/mol. The van der Waals surface area contributed by atoms with E-state index in [0.717, 1.165) is 12.1 Å². The van der Waals surface area contributed by atoms with Crippen LogP contribution in [0.15, 0.2) is 29.2 Å². The van der Waals surface area contributed by atoms with Gasteiger partial charge in [-0.25, -0.2) is 12.8 Å². The van der Waals surface area contributed by atoms with Gasteiger partial charge in [0.1, 0.15) is 5.82 Å². The maximum absolute atomic E-state index is 13.0. The predicted octanol–water partition coefficient (Wildman–Crippen LogP) is 0.817. The van der Waals surface area contributed by atoms with Crippen molar-refractivity contribution in [2.75, 3.05) is 19.6 Å². The summed E-state index contributed by atoms with van der Waals surface area (Å²) in [4.78, 5) is 22.5. The van der Waals surface area contributed by atoms with Crippen molar-refractivity contribution in [3.05, 3.63) is 30.1 Å². The number of amides is 1. The first-order valence-corrected chi connectivity index (χ1v) is 9.00. The van der Waals surface area contributed by atoms with Gasteiger partial charge in [-0.2, -0.15) is 4.31 Å². The summed E-state index contributed by atoms with van der Waals surface area (Å²) in [5.41, 5.74) is 0. The molecule has 0 aliphatic carbocycles. The summed E-state index contributed by atoms with van der Waals surface area (Å²) >= 11 is 0. The first-order chi connectivity index (χ1) is 11.3. The van der Waals surface area contributed by atoms with Gasteiger partial charge < -0.3 is 10.4 Å². The van der Waals surface area contributed by atoms with Crippen molar-refractivity contribution in [3.63, 3.8) is 0 Å². The van der Waals surface area contributed by atoms with E-state index in [1.165, 1.54) is 16.4 Å². The lowest BCUT2D eigenvalue weighted by Crippen LogP contribution is -2.45. The lowest BCUT2D eigenvalue weighted by atomic mass is 9.99. The Balaban J connectivity index is 2.02. The van der Waals surface area contributed by atoms with Crippen LogP contribution in [0.2, 0.25) is 0 Å². The van der Waals surface area contributed by atoms with Crippen LogP contribution in [0.3, 0.4) is 0 Å². The van der Waals surface area contributed by atoms with Crippen LogP contribution in [-0.4, -0.2) is 49.3 Å². The summed E-state index contributed by atoms with van der Waals surface area (Å²) in [6, 6.07) is 4.54. The van der Waals surface area contributed by atoms with Crippen LogP contribution in [0.4, 0.5) is 4.39 Å². The minimum absolute atomic E-state index is 0.00930. The molecule has 132 valence electrons. The first kappa shape index (κ1) is 18.3. The molecule has 1 atom stereocenters. The van der Waals surface area contributed by atoms with E-state index in [1.807, 2.05) is 0 Å². The molecule has 1 heterocycles. The van der Waals surface area contributed by atoms with E-state index in [1.54, 1.807) is 0 Å². The monoisotopic (exact) mass is 358 g/mol. The van der Waals surface area contributed by atoms with Crippen molar-refractivity contribution in [3.8, 4) is 0 Å². The van der Waals surface area contributed by atoms with E-state index in [9.17, 15) is 22.4 Å². The highest BCUT2D eigenvalue weighted by Crippen LogP contribution is 2.24. The van der Waals surface area contributed by atoms with Crippen LogP contribution in [0, 0.1) is 11.7 Å². The number of piperidine rings is 1. The van der Waals surface area contributed by atoms with Gasteiger partial charge in [-0.1, -0.05) is 0 Å². The average molecular weight is 358 g/mol. The molecule has 0 saturated carbocycles. The topological polar surface area (TPSA) is 104 Å². The molecule has 2 N–H and O–H groups in total. The maximum Gasteiger partial charge on any atom is 0.305 e. The number of carboxylic acid groups (broad SMARTS) is 1. The molecule has 1 aromatic carbocycles. The summed E-state index contributed by atoms with van der Waals surface area (Å²) in [5.74, 6) is -2.42. The Hall–Kier alpha value is -2.00. The second kappa shape index (κ2) is 7.71. The quantitative estimate of drug-likeness (QED) is 0.783. The van der Waals surface area contributed by atoms with Crippen molar-refractivity contribution in [1.82, 2.24) is 9.62 Å². The highest BCUT2D eigenvalue weighted by molar-refractivity contribution is 7.89. The van der Waals surface area contributed by atoms with Gasteiger partial charge in [0.05, 0.1) is 17.2 Å². The number of sulfonamides is 1. The fraction of sp³-hybridized carbons (Fsp3) is 0.467. The van der Waals surface area contributed by atoms with Crippen molar-refractivity contribution < 1.29 is 27.5 Å². The molecule has 9 heteroatoms. The number of nitrogens with zero attached hydrogens (tertiary/aromatic N) is 1. The smallest absolute Gasteiger partial charge is 0.305 e. The van der Waals surface area contributed by atoms with Gasteiger partial charge in [0, 0.05) is 19.6 Å². The van der Waals surface area contributed by atoms with E-state index < -0.39 is 27.7 Å². The molecular formula is C15H19FN2O5S.